The number of rotatable bonds is 8. The van der Waals surface area contributed by atoms with E-state index in [2.05, 4.69) is 280 Å². The SMILES string of the molecule is Cc1cccc(C)c1-c1ccc2c(c1)c1cccc3c4c(N(c5ccccc5)c5ccccc5)c5c6cc7ccccc7c7c(-c8c(C)cccc8C)ccc(c5c(N(c5ccccc5)c5ccccc5)c4cc2c13)c67. The van der Waals surface area contributed by atoms with E-state index in [0.29, 0.717) is 0 Å². The van der Waals surface area contributed by atoms with Gasteiger partial charge in [-0.05, 0) is 204 Å². The van der Waals surface area contributed by atoms with Gasteiger partial charge in [-0.15, -0.1) is 0 Å². The third-order valence-electron chi connectivity index (χ3n) is 16.5. The van der Waals surface area contributed by atoms with Gasteiger partial charge in [-0.25, -0.2) is 0 Å². The van der Waals surface area contributed by atoms with Gasteiger partial charge in [0.25, 0.3) is 0 Å². The summed E-state index contributed by atoms with van der Waals surface area (Å²) < 4.78 is 0. The predicted octanol–water partition coefficient (Wildman–Crippen LogP) is 21.3. The first-order valence-electron chi connectivity index (χ1n) is 26.6. The highest BCUT2D eigenvalue weighted by Gasteiger charge is 2.33. The van der Waals surface area contributed by atoms with E-state index in [4.69, 9.17) is 0 Å². The van der Waals surface area contributed by atoms with Crippen molar-refractivity contribution in [1.29, 1.82) is 0 Å². The highest BCUT2D eigenvalue weighted by molar-refractivity contribution is 6.47. The average molecular weight is 969 g/mol. The summed E-state index contributed by atoms with van der Waals surface area (Å²) in [5, 5.41) is 20.0. The lowest BCUT2D eigenvalue weighted by atomic mass is 9.88. The van der Waals surface area contributed by atoms with Gasteiger partial charge < -0.3 is 9.80 Å². The molecule has 0 aliphatic carbocycles. The van der Waals surface area contributed by atoms with Crippen LogP contribution in [0.2, 0.25) is 0 Å². The summed E-state index contributed by atoms with van der Waals surface area (Å²) >= 11 is 0. The van der Waals surface area contributed by atoms with Crippen molar-refractivity contribution in [2.24, 2.45) is 0 Å². The van der Waals surface area contributed by atoms with Crippen LogP contribution in [-0.2, 0) is 0 Å². The highest BCUT2D eigenvalue weighted by atomic mass is 15.2. The summed E-state index contributed by atoms with van der Waals surface area (Å²) in [7, 11) is 0. The van der Waals surface area contributed by atoms with Crippen LogP contribution in [0.15, 0.2) is 243 Å². The maximum absolute atomic E-state index is 2.57. The minimum Gasteiger partial charge on any atom is -0.309 e. The molecule has 0 saturated carbocycles. The molecule has 0 spiro atoms. The normalized spacial score (nSPS) is 11.9. The first-order chi connectivity index (χ1) is 37.4. The molecule has 0 aromatic heterocycles. The molecule has 0 N–H and O–H groups in total. The van der Waals surface area contributed by atoms with Crippen LogP contribution < -0.4 is 9.80 Å². The third-order valence-corrected chi connectivity index (χ3v) is 16.5. The molecule has 15 rings (SSSR count). The zero-order valence-electron chi connectivity index (χ0n) is 43.0. The minimum absolute atomic E-state index is 1.10. The summed E-state index contributed by atoms with van der Waals surface area (Å²) in [6.45, 7) is 9.01. The second-order valence-corrected chi connectivity index (χ2v) is 20.9. The molecule has 0 unspecified atom stereocenters. The minimum atomic E-state index is 1.10. The Kier molecular flexibility index (Phi) is 9.86. The lowest BCUT2D eigenvalue weighted by Gasteiger charge is -2.33. The Labute approximate surface area is 442 Å². The van der Waals surface area contributed by atoms with E-state index in [0.717, 1.165) is 28.4 Å². The Morgan fingerprint density at radius 1 is 0.237 bits per heavy atom. The molecule has 0 aliphatic heterocycles. The van der Waals surface area contributed by atoms with Crippen LogP contribution in [0.4, 0.5) is 34.1 Å². The van der Waals surface area contributed by atoms with E-state index in [1.165, 1.54) is 136 Å². The van der Waals surface area contributed by atoms with Gasteiger partial charge in [-0.2, -0.15) is 0 Å². The molecule has 0 atom stereocenters. The fraction of sp³-hybridized carbons (Fsp3) is 0.0541. The number of hydrogen-bond donors (Lipinski definition) is 0. The summed E-state index contributed by atoms with van der Waals surface area (Å²) in [4.78, 5) is 5.12. The van der Waals surface area contributed by atoms with Crippen molar-refractivity contribution in [3.8, 4) is 22.3 Å². The first kappa shape index (κ1) is 44.0. The molecule has 0 saturated heterocycles. The summed E-state index contributed by atoms with van der Waals surface area (Å²) in [6, 6.07) is 90.9. The second kappa shape index (κ2) is 17.0. The van der Waals surface area contributed by atoms with Crippen molar-refractivity contribution in [1.82, 2.24) is 0 Å². The molecule has 0 fully saturated rings. The van der Waals surface area contributed by atoms with Crippen molar-refractivity contribution >= 4 is 120 Å². The summed E-state index contributed by atoms with van der Waals surface area (Å²) in [5.41, 5.74) is 17.0. The Morgan fingerprint density at radius 2 is 0.711 bits per heavy atom. The third kappa shape index (κ3) is 6.41. The standard InChI is InChI=1S/C74H52N2/c1-45-22-19-23-46(2)65(45)50-38-39-56-61(43-50)57-36-21-37-58-67(57)62(56)44-64-70(58)74(76(53-31-13-7-14-32-53)54-33-15-8-16-34-54)72-63-42-49-26-17-18-35-55(49)68-59(66-47(3)24-20-25-48(66)4)40-41-60(69(63)68)71(72)73(64)75(51-27-9-5-10-28-51)52-29-11-6-12-30-52/h5-44H,1-4H3. The van der Waals surface area contributed by atoms with Gasteiger partial charge >= 0.3 is 0 Å². The van der Waals surface area contributed by atoms with Crippen molar-refractivity contribution in [3.05, 3.63) is 265 Å². The number of para-hydroxylation sites is 4. The zero-order valence-corrected chi connectivity index (χ0v) is 43.0. The number of fused-ring (bicyclic) bond motifs is 10. The molecule has 0 aliphatic rings. The van der Waals surface area contributed by atoms with Crippen LogP contribution in [-0.4, -0.2) is 0 Å². The zero-order chi connectivity index (χ0) is 50.8. The second-order valence-electron chi connectivity index (χ2n) is 20.9. The quantitative estimate of drug-likeness (QED) is 0.111. The molecule has 15 aromatic rings. The van der Waals surface area contributed by atoms with E-state index < -0.39 is 0 Å². The molecular formula is C74H52N2. The molecule has 0 bridgehead atoms. The van der Waals surface area contributed by atoms with E-state index >= 15 is 0 Å². The summed E-state index contributed by atoms with van der Waals surface area (Å²) in [5.74, 6) is 0. The van der Waals surface area contributed by atoms with Crippen molar-refractivity contribution in [3.63, 3.8) is 0 Å². The first-order valence-corrected chi connectivity index (χ1v) is 26.6. The van der Waals surface area contributed by atoms with Crippen LogP contribution in [0.3, 0.4) is 0 Å². The molecule has 0 amide bonds. The fourth-order valence-electron chi connectivity index (χ4n) is 13.5. The molecule has 2 nitrogen and oxygen atoms in total. The molecular weight excluding hydrogens is 917 g/mol. The summed E-state index contributed by atoms with van der Waals surface area (Å²) in [6.07, 6.45) is 0. The van der Waals surface area contributed by atoms with E-state index in [-0.39, 0.29) is 0 Å². The van der Waals surface area contributed by atoms with Crippen LogP contribution in [0.5, 0.6) is 0 Å². The van der Waals surface area contributed by atoms with Crippen LogP contribution in [0.25, 0.3) is 108 Å². The van der Waals surface area contributed by atoms with Crippen molar-refractivity contribution < 1.29 is 0 Å². The van der Waals surface area contributed by atoms with Gasteiger partial charge in [-0.3, -0.25) is 0 Å². The molecule has 76 heavy (non-hydrogen) atoms. The molecule has 15 aromatic carbocycles. The largest absolute Gasteiger partial charge is 0.309 e. The van der Waals surface area contributed by atoms with Gasteiger partial charge in [0.15, 0.2) is 0 Å². The fourth-order valence-corrected chi connectivity index (χ4v) is 13.5. The monoisotopic (exact) mass is 968 g/mol. The van der Waals surface area contributed by atoms with E-state index in [9.17, 15) is 0 Å². The number of anilines is 6. The topological polar surface area (TPSA) is 6.48 Å². The Balaban J connectivity index is 1.24. The highest BCUT2D eigenvalue weighted by Crippen LogP contribution is 2.60. The van der Waals surface area contributed by atoms with Gasteiger partial charge in [0, 0.05) is 44.3 Å². The Hall–Kier alpha value is -9.50. The predicted molar refractivity (Wildman–Crippen MR) is 328 cm³/mol. The maximum Gasteiger partial charge on any atom is 0.0632 e. The molecule has 358 valence electrons. The van der Waals surface area contributed by atoms with Gasteiger partial charge in [0.2, 0.25) is 0 Å². The Bertz CT molecular complexity index is 4650. The number of aryl methyl sites for hydroxylation is 4. The van der Waals surface area contributed by atoms with Crippen molar-refractivity contribution in [2.75, 3.05) is 9.80 Å². The molecule has 0 heterocycles. The average Bonchev–Trinajstić information content (AvgIpc) is 4.18. The van der Waals surface area contributed by atoms with E-state index in [1.54, 1.807) is 0 Å². The van der Waals surface area contributed by atoms with Gasteiger partial charge in [0.1, 0.15) is 0 Å². The Morgan fingerprint density at radius 3 is 1.32 bits per heavy atom. The van der Waals surface area contributed by atoms with Gasteiger partial charge in [0.05, 0.1) is 11.4 Å². The molecule has 2 heteroatoms. The smallest absolute Gasteiger partial charge is 0.0632 e. The van der Waals surface area contributed by atoms with Crippen LogP contribution >= 0.6 is 0 Å². The number of nitrogens with zero attached hydrogens (tertiary/aromatic N) is 2. The van der Waals surface area contributed by atoms with E-state index in [1.807, 2.05) is 0 Å². The van der Waals surface area contributed by atoms with Crippen molar-refractivity contribution in [2.45, 2.75) is 27.7 Å². The molecule has 0 radical (unpaired) electrons. The van der Waals surface area contributed by atoms with Crippen LogP contribution in [0.1, 0.15) is 22.3 Å². The van der Waals surface area contributed by atoms with Gasteiger partial charge in [-0.1, -0.05) is 176 Å². The lowest BCUT2D eigenvalue weighted by molar-refractivity contribution is 1.30. The lowest BCUT2D eigenvalue weighted by Crippen LogP contribution is -2.14. The number of benzene rings is 13. The number of hydrogen-bond acceptors (Lipinski definition) is 2. The maximum atomic E-state index is 2.57. The van der Waals surface area contributed by atoms with Crippen LogP contribution in [0, 0.1) is 27.7 Å².